The Morgan fingerprint density at radius 3 is 1.96 bits per heavy atom. The normalized spacial score (nSPS) is 10.1. The molecule has 3 aromatic rings. The second-order valence-electron chi connectivity index (χ2n) is 6.14. The van der Waals surface area contributed by atoms with E-state index in [1.165, 1.54) is 5.56 Å². The molecule has 0 radical (unpaired) electrons. The van der Waals surface area contributed by atoms with Crippen LogP contribution in [-0.4, -0.2) is 17.4 Å². The molecule has 0 saturated carbocycles. The molecule has 0 aliphatic carbocycles. The Bertz CT molecular complexity index is 881. The summed E-state index contributed by atoms with van der Waals surface area (Å²) in [6, 6.07) is 29.1. The summed E-state index contributed by atoms with van der Waals surface area (Å²) in [5.74, 6) is -0.0192. The quantitative estimate of drug-likeness (QED) is 0.666. The summed E-state index contributed by atoms with van der Waals surface area (Å²) in [6.07, 6.45) is 0.801. The zero-order valence-corrected chi connectivity index (χ0v) is 14.5. The third-order valence-electron chi connectivity index (χ3n) is 4.28. The maximum Gasteiger partial charge on any atom is 0.254 e. The molecule has 0 N–H and O–H groups in total. The number of nitriles is 1. The van der Waals surface area contributed by atoms with Gasteiger partial charge in [-0.2, -0.15) is 5.26 Å². The highest BCUT2D eigenvalue weighted by Gasteiger charge is 2.16. The van der Waals surface area contributed by atoms with E-state index in [4.69, 9.17) is 5.26 Å². The lowest BCUT2D eigenvalue weighted by atomic mass is 10.1. The fourth-order valence-electron chi connectivity index (χ4n) is 2.83. The molecule has 3 heteroatoms. The summed E-state index contributed by atoms with van der Waals surface area (Å²) >= 11 is 0. The van der Waals surface area contributed by atoms with Gasteiger partial charge in [0.25, 0.3) is 5.91 Å². The Balaban J connectivity index is 1.78. The van der Waals surface area contributed by atoms with Crippen LogP contribution in [-0.2, 0) is 13.0 Å². The maximum atomic E-state index is 13.0. The van der Waals surface area contributed by atoms with Crippen molar-refractivity contribution in [2.75, 3.05) is 6.54 Å². The maximum absolute atomic E-state index is 13.0. The molecule has 0 atom stereocenters. The first-order chi connectivity index (χ1) is 12.8. The van der Waals surface area contributed by atoms with Gasteiger partial charge in [0, 0.05) is 18.7 Å². The average molecular weight is 340 g/mol. The fraction of sp³-hybridized carbons (Fsp3) is 0.130. The van der Waals surface area contributed by atoms with Crippen LogP contribution in [0.5, 0.6) is 0 Å². The summed E-state index contributed by atoms with van der Waals surface area (Å²) in [4.78, 5) is 14.9. The van der Waals surface area contributed by atoms with E-state index in [2.05, 4.69) is 18.2 Å². The van der Waals surface area contributed by atoms with Crippen molar-refractivity contribution in [3.63, 3.8) is 0 Å². The number of benzene rings is 3. The number of amides is 1. The number of rotatable bonds is 6. The second kappa shape index (κ2) is 8.64. The number of nitrogens with zero attached hydrogens (tertiary/aromatic N) is 2. The van der Waals surface area contributed by atoms with E-state index < -0.39 is 0 Å². The molecule has 0 saturated heterocycles. The summed E-state index contributed by atoms with van der Waals surface area (Å²) < 4.78 is 0. The van der Waals surface area contributed by atoms with Crippen molar-refractivity contribution >= 4 is 5.91 Å². The molecule has 128 valence electrons. The van der Waals surface area contributed by atoms with E-state index in [0.717, 1.165) is 12.0 Å². The SMILES string of the molecule is N#Cc1ccc(C(=O)N(CCc2ccccc2)Cc2ccccc2)cc1. The standard InChI is InChI=1S/C23H20N2O/c24-17-20-11-13-22(14-12-20)23(26)25(18-21-9-5-2-6-10-21)16-15-19-7-3-1-4-8-19/h1-14H,15-16,18H2. The highest BCUT2D eigenvalue weighted by Crippen LogP contribution is 2.13. The summed E-state index contributed by atoms with van der Waals surface area (Å²) in [7, 11) is 0. The molecular formula is C23H20N2O. The van der Waals surface area contributed by atoms with Gasteiger partial charge in [0.2, 0.25) is 0 Å². The van der Waals surface area contributed by atoms with E-state index in [0.29, 0.717) is 24.2 Å². The lowest BCUT2D eigenvalue weighted by molar-refractivity contribution is 0.0745. The fourth-order valence-corrected chi connectivity index (χ4v) is 2.83. The van der Waals surface area contributed by atoms with E-state index in [9.17, 15) is 4.79 Å². The molecule has 3 aromatic carbocycles. The molecule has 0 unspecified atom stereocenters. The van der Waals surface area contributed by atoms with Crippen molar-refractivity contribution in [1.82, 2.24) is 4.90 Å². The zero-order valence-electron chi connectivity index (χ0n) is 14.5. The van der Waals surface area contributed by atoms with Gasteiger partial charge in [-0.1, -0.05) is 60.7 Å². The number of hydrogen-bond acceptors (Lipinski definition) is 2. The van der Waals surface area contributed by atoms with Crippen molar-refractivity contribution in [1.29, 1.82) is 5.26 Å². The lowest BCUT2D eigenvalue weighted by Gasteiger charge is -2.23. The van der Waals surface area contributed by atoms with Gasteiger partial charge in [0.1, 0.15) is 0 Å². The smallest absolute Gasteiger partial charge is 0.254 e. The molecule has 0 aliphatic rings. The molecule has 0 heterocycles. The monoisotopic (exact) mass is 340 g/mol. The van der Waals surface area contributed by atoms with Crippen LogP contribution in [0.1, 0.15) is 27.0 Å². The van der Waals surface area contributed by atoms with Crippen molar-refractivity contribution in [3.05, 3.63) is 107 Å². The molecule has 0 bridgehead atoms. The van der Waals surface area contributed by atoms with Crippen LogP contribution >= 0.6 is 0 Å². The molecular weight excluding hydrogens is 320 g/mol. The van der Waals surface area contributed by atoms with Crippen LogP contribution in [0, 0.1) is 11.3 Å². The minimum absolute atomic E-state index is 0.0192. The summed E-state index contributed by atoms with van der Waals surface area (Å²) in [6.45, 7) is 1.20. The zero-order chi connectivity index (χ0) is 18.2. The van der Waals surface area contributed by atoms with Gasteiger partial charge in [0.15, 0.2) is 0 Å². The van der Waals surface area contributed by atoms with E-state index in [1.54, 1.807) is 24.3 Å². The van der Waals surface area contributed by atoms with Crippen LogP contribution in [0.2, 0.25) is 0 Å². The van der Waals surface area contributed by atoms with Crippen molar-refractivity contribution in [2.45, 2.75) is 13.0 Å². The van der Waals surface area contributed by atoms with E-state index in [-0.39, 0.29) is 5.91 Å². The molecule has 3 nitrogen and oxygen atoms in total. The third kappa shape index (κ3) is 4.58. The predicted molar refractivity (Wildman–Crippen MR) is 102 cm³/mol. The van der Waals surface area contributed by atoms with Gasteiger partial charge < -0.3 is 4.90 Å². The van der Waals surface area contributed by atoms with Crippen LogP contribution in [0.4, 0.5) is 0 Å². The lowest BCUT2D eigenvalue weighted by Crippen LogP contribution is -2.32. The largest absolute Gasteiger partial charge is 0.334 e. The summed E-state index contributed by atoms with van der Waals surface area (Å²) in [5, 5.41) is 8.94. The Labute approximate surface area is 154 Å². The molecule has 0 aromatic heterocycles. The first-order valence-corrected chi connectivity index (χ1v) is 8.63. The van der Waals surface area contributed by atoms with E-state index in [1.807, 2.05) is 53.4 Å². The number of hydrogen-bond donors (Lipinski definition) is 0. The first kappa shape index (κ1) is 17.4. The van der Waals surface area contributed by atoms with Gasteiger partial charge in [-0.25, -0.2) is 0 Å². The Hall–Kier alpha value is -3.38. The Kier molecular flexibility index (Phi) is 5.80. The minimum atomic E-state index is -0.0192. The van der Waals surface area contributed by atoms with Gasteiger partial charge in [-0.05, 0) is 41.8 Å². The molecule has 0 fully saturated rings. The molecule has 0 aliphatic heterocycles. The van der Waals surface area contributed by atoms with Gasteiger partial charge in [-0.15, -0.1) is 0 Å². The van der Waals surface area contributed by atoms with Crippen molar-refractivity contribution < 1.29 is 4.79 Å². The highest BCUT2D eigenvalue weighted by atomic mass is 16.2. The van der Waals surface area contributed by atoms with Gasteiger partial charge >= 0.3 is 0 Å². The minimum Gasteiger partial charge on any atom is -0.334 e. The number of carbonyl (C=O) groups excluding carboxylic acids is 1. The molecule has 0 spiro atoms. The highest BCUT2D eigenvalue weighted by molar-refractivity contribution is 5.94. The topological polar surface area (TPSA) is 44.1 Å². The van der Waals surface area contributed by atoms with Gasteiger partial charge in [0.05, 0.1) is 11.6 Å². The second-order valence-corrected chi connectivity index (χ2v) is 6.14. The van der Waals surface area contributed by atoms with Crippen molar-refractivity contribution in [3.8, 4) is 6.07 Å². The van der Waals surface area contributed by atoms with Gasteiger partial charge in [-0.3, -0.25) is 4.79 Å². The summed E-state index contributed by atoms with van der Waals surface area (Å²) in [5.41, 5.74) is 3.47. The third-order valence-corrected chi connectivity index (χ3v) is 4.28. The Morgan fingerprint density at radius 1 is 0.808 bits per heavy atom. The van der Waals surface area contributed by atoms with Crippen molar-refractivity contribution in [2.24, 2.45) is 0 Å². The van der Waals surface area contributed by atoms with E-state index >= 15 is 0 Å². The van der Waals surface area contributed by atoms with Crippen LogP contribution in [0.15, 0.2) is 84.9 Å². The number of carbonyl (C=O) groups is 1. The first-order valence-electron chi connectivity index (χ1n) is 8.63. The Morgan fingerprint density at radius 2 is 1.38 bits per heavy atom. The molecule has 1 amide bonds. The van der Waals surface area contributed by atoms with Crippen LogP contribution in [0.25, 0.3) is 0 Å². The molecule has 3 rings (SSSR count). The van der Waals surface area contributed by atoms with Crippen LogP contribution in [0.3, 0.4) is 0 Å². The predicted octanol–water partition coefficient (Wildman–Crippen LogP) is 4.44. The molecule has 26 heavy (non-hydrogen) atoms. The van der Waals surface area contributed by atoms with Crippen LogP contribution < -0.4 is 0 Å². The average Bonchev–Trinajstić information content (AvgIpc) is 2.72.